The Morgan fingerprint density at radius 3 is 2.27 bits per heavy atom. The van der Waals surface area contributed by atoms with Gasteiger partial charge in [0.05, 0.1) is 17.7 Å². The molecule has 0 aliphatic heterocycles. The molecule has 3 aromatic carbocycles. The van der Waals surface area contributed by atoms with Crippen molar-refractivity contribution in [3.05, 3.63) is 105 Å². The number of carbonyl (C=O) groups is 2. The van der Waals surface area contributed by atoms with Gasteiger partial charge in [-0.3, -0.25) is 19.7 Å². The zero-order valence-corrected chi connectivity index (χ0v) is 20.9. The number of carbonyl (C=O) groups excluding carboxylic acids is 2. The van der Waals surface area contributed by atoms with Gasteiger partial charge in [0, 0.05) is 37.0 Å². The highest BCUT2D eigenvalue weighted by molar-refractivity contribution is 6.06. The number of hydrogen-bond donors (Lipinski definition) is 2. The van der Waals surface area contributed by atoms with Crippen LogP contribution in [0, 0.1) is 10.1 Å². The summed E-state index contributed by atoms with van der Waals surface area (Å²) >= 11 is 0. The van der Waals surface area contributed by atoms with Crippen molar-refractivity contribution < 1.29 is 19.2 Å². The van der Waals surface area contributed by atoms with Gasteiger partial charge in [-0.2, -0.15) is 5.10 Å². The van der Waals surface area contributed by atoms with Gasteiger partial charge < -0.3 is 15.0 Å². The van der Waals surface area contributed by atoms with Gasteiger partial charge in [0.25, 0.3) is 11.8 Å². The number of anilines is 1. The summed E-state index contributed by atoms with van der Waals surface area (Å²) in [5.41, 5.74) is 4.97. The van der Waals surface area contributed by atoms with E-state index in [1.807, 2.05) is 43.3 Å². The zero-order valence-electron chi connectivity index (χ0n) is 20.9. The van der Waals surface area contributed by atoms with Crippen molar-refractivity contribution in [1.82, 2.24) is 10.7 Å². The van der Waals surface area contributed by atoms with Gasteiger partial charge in [0.15, 0.2) is 5.75 Å². The number of benzene rings is 3. The first-order valence-corrected chi connectivity index (χ1v) is 11.2. The summed E-state index contributed by atoms with van der Waals surface area (Å²) in [6, 6.07) is 20.3. The van der Waals surface area contributed by atoms with Gasteiger partial charge in [0.1, 0.15) is 5.70 Å². The van der Waals surface area contributed by atoms with Crippen molar-refractivity contribution in [2.24, 2.45) is 5.10 Å². The fraction of sp³-hybridized carbons (Fsp3) is 0.148. The number of hydrogen-bond acceptors (Lipinski definition) is 7. The molecule has 10 nitrogen and oxygen atoms in total. The van der Waals surface area contributed by atoms with Gasteiger partial charge in [-0.05, 0) is 55.0 Å². The summed E-state index contributed by atoms with van der Waals surface area (Å²) in [6.07, 6.45) is 1.54. The van der Waals surface area contributed by atoms with Crippen molar-refractivity contribution in [3.63, 3.8) is 0 Å². The van der Waals surface area contributed by atoms with Crippen LogP contribution in [0.25, 0.3) is 6.08 Å². The third-order valence-electron chi connectivity index (χ3n) is 5.37. The SMILES string of the molecule is COc1ccc(/C(C)=N/NC(=O)/C(=C/c2ccc(N(C)C)cc2)NC(=O)c2ccccc2)cc1[N+](=O)[O-]. The largest absolute Gasteiger partial charge is 0.490 e. The summed E-state index contributed by atoms with van der Waals surface area (Å²) in [6.45, 7) is 1.59. The highest BCUT2D eigenvalue weighted by Gasteiger charge is 2.17. The van der Waals surface area contributed by atoms with Crippen LogP contribution in [0.4, 0.5) is 11.4 Å². The van der Waals surface area contributed by atoms with E-state index in [0.29, 0.717) is 22.4 Å². The maximum absolute atomic E-state index is 13.1. The van der Waals surface area contributed by atoms with Crippen LogP contribution in [0.1, 0.15) is 28.4 Å². The zero-order chi connectivity index (χ0) is 26.9. The van der Waals surface area contributed by atoms with Gasteiger partial charge in [-0.1, -0.05) is 30.3 Å². The summed E-state index contributed by atoms with van der Waals surface area (Å²) < 4.78 is 5.02. The third-order valence-corrected chi connectivity index (χ3v) is 5.37. The Kier molecular flexibility index (Phi) is 8.71. The minimum Gasteiger partial charge on any atom is -0.490 e. The van der Waals surface area contributed by atoms with Crippen LogP contribution in [0.2, 0.25) is 0 Å². The topological polar surface area (TPSA) is 126 Å². The predicted octanol–water partition coefficient (Wildman–Crippen LogP) is 3.98. The Hall–Kier alpha value is -4.99. The van der Waals surface area contributed by atoms with Gasteiger partial charge in [-0.15, -0.1) is 0 Å². The highest BCUT2D eigenvalue weighted by Crippen LogP contribution is 2.27. The van der Waals surface area contributed by atoms with Crippen LogP contribution in [0.3, 0.4) is 0 Å². The fourth-order valence-electron chi connectivity index (χ4n) is 3.29. The van der Waals surface area contributed by atoms with E-state index in [-0.39, 0.29) is 17.1 Å². The molecule has 3 rings (SSSR count). The quantitative estimate of drug-likeness (QED) is 0.198. The summed E-state index contributed by atoms with van der Waals surface area (Å²) in [5.74, 6) is -1.01. The molecule has 0 saturated heterocycles. The van der Waals surface area contributed by atoms with Crippen molar-refractivity contribution in [1.29, 1.82) is 0 Å². The smallest absolute Gasteiger partial charge is 0.311 e. The normalized spacial score (nSPS) is 11.5. The predicted molar refractivity (Wildman–Crippen MR) is 143 cm³/mol. The van der Waals surface area contributed by atoms with E-state index in [0.717, 1.165) is 5.69 Å². The molecule has 3 aromatic rings. The second kappa shape index (κ2) is 12.1. The number of nitrogens with zero attached hydrogens (tertiary/aromatic N) is 3. The van der Waals surface area contributed by atoms with E-state index < -0.39 is 16.7 Å². The first kappa shape index (κ1) is 26.6. The molecular formula is C27H27N5O5. The first-order chi connectivity index (χ1) is 17.7. The first-order valence-electron chi connectivity index (χ1n) is 11.2. The molecule has 0 aromatic heterocycles. The molecule has 0 unspecified atom stereocenters. The summed E-state index contributed by atoms with van der Waals surface area (Å²) in [4.78, 5) is 38.5. The fourth-order valence-corrected chi connectivity index (χ4v) is 3.29. The molecule has 0 aliphatic carbocycles. The summed E-state index contributed by atoms with van der Waals surface area (Å²) in [5, 5.41) is 18.1. The second-order valence-corrected chi connectivity index (χ2v) is 8.15. The van der Waals surface area contributed by atoms with Crippen molar-refractivity contribution in [2.75, 3.05) is 26.1 Å². The van der Waals surface area contributed by atoms with Gasteiger partial charge in [-0.25, -0.2) is 5.43 Å². The molecular weight excluding hydrogens is 474 g/mol. The maximum Gasteiger partial charge on any atom is 0.311 e. The molecule has 2 N–H and O–H groups in total. The van der Waals surface area contributed by atoms with E-state index in [2.05, 4.69) is 15.8 Å². The monoisotopic (exact) mass is 501 g/mol. The van der Waals surface area contributed by atoms with Crippen LogP contribution in [0.5, 0.6) is 5.75 Å². The van der Waals surface area contributed by atoms with Crippen LogP contribution >= 0.6 is 0 Å². The molecule has 0 radical (unpaired) electrons. The number of methoxy groups -OCH3 is 1. The number of amides is 2. The molecule has 0 bridgehead atoms. The van der Waals surface area contributed by atoms with E-state index in [4.69, 9.17) is 4.74 Å². The van der Waals surface area contributed by atoms with E-state index in [1.165, 1.54) is 19.2 Å². The number of ether oxygens (including phenoxy) is 1. The molecule has 190 valence electrons. The molecule has 37 heavy (non-hydrogen) atoms. The average Bonchev–Trinajstić information content (AvgIpc) is 2.91. The minimum atomic E-state index is -0.664. The Bertz CT molecular complexity index is 1350. The molecule has 10 heteroatoms. The number of rotatable bonds is 9. The van der Waals surface area contributed by atoms with Gasteiger partial charge >= 0.3 is 5.69 Å². The van der Waals surface area contributed by atoms with Crippen molar-refractivity contribution >= 4 is 35.0 Å². The van der Waals surface area contributed by atoms with Crippen LogP contribution in [0.15, 0.2) is 83.6 Å². The third kappa shape index (κ3) is 7.01. The lowest BCUT2D eigenvalue weighted by Gasteiger charge is -2.13. The maximum atomic E-state index is 13.1. The second-order valence-electron chi connectivity index (χ2n) is 8.15. The Labute approximate surface area is 214 Å². The number of hydrazone groups is 1. The van der Waals surface area contributed by atoms with Crippen LogP contribution in [-0.2, 0) is 4.79 Å². The standard InChI is InChI=1S/C27H27N5O5/c1-18(21-12-15-25(37-4)24(17-21)32(35)36)29-30-27(34)23(28-26(33)20-8-6-5-7-9-20)16-19-10-13-22(14-11-19)31(2)3/h5-17H,1-4H3,(H,28,33)(H,30,34)/b23-16-,29-18+. The molecule has 0 saturated carbocycles. The van der Waals surface area contributed by atoms with Crippen molar-refractivity contribution in [2.45, 2.75) is 6.92 Å². The lowest BCUT2D eigenvalue weighted by atomic mass is 10.1. The summed E-state index contributed by atoms with van der Waals surface area (Å²) in [7, 11) is 5.18. The molecule has 0 heterocycles. The number of nitrogens with one attached hydrogen (secondary N) is 2. The molecule has 2 amide bonds. The molecule has 0 aliphatic rings. The number of nitro benzene ring substituents is 1. The van der Waals surface area contributed by atoms with E-state index >= 15 is 0 Å². The van der Waals surface area contributed by atoms with E-state index in [9.17, 15) is 19.7 Å². The highest BCUT2D eigenvalue weighted by atomic mass is 16.6. The van der Waals surface area contributed by atoms with Crippen LogP contribution in [-0.4, -0.2) is 43.7 Å². The van der Waals surface area contributed by atoms with Crippen molar-refractivity contribution in [3.8, 4) is 5.75 Å². The molecule has 0 spiro atoms. The lowest BCUT2D eigenvalue weighted by Crippen LogP contribution is -2.33. The molecule has 0 fully saturated rings. The minimum absolute atomic E-state index is 0.0243. The van der Waals surface area contributed by atoms with Crippen LogP contribution < -0.4 is 20.4 Å². The Morgan fingerprint density at radius 2 is 1.68 bits per heavy atom. The van der Waals surface area contributed by atoms with Gasteiger partial charge in [0.2, 0.25) is 0 Å². The number of nitro groups is 1. The Balaban J connectivity index is 1.88. The molecule has 0 atom stereocenters. The lowest BCUT2D eigenvalue weighted by molar-refractivity contribution is -0.385. The average molecular weight is 502 g/mol. The van der Waals surface area contributed by atoms with E-state index in [1.54, 1.807) is 49.4 Å². The Morgan fingerprint density at radius 1 is 1.00 bits per heavy atom.